The number of aromatic nitrogens is 1. The third-order valence-electron chi connectivity index (χ3n) is 4.06. The van der Waals surface area contributed by atoms with E-state index in [2.05, 4.69) is 10.2 Å². The van der Waals surface area contributed by atoms with Crippen LogP contribution in [0.25, 0.3) is 0 Å². The molecule has 1 aromatic carbocycles. The van der Waals surface area contributed by atoms with Gasteiger partial charge in [-0.2, -0.15) is 10.4 Å². The maximum Gasteiger partial charge on any atom is 0.281 e. The van der Waals surface area contributed by atoms with Gasteiger partial charge in [-0.25, -0.2) is 0 Å². The molecule has 0 unspecified atom stereocenters. The number of benzene rings is 1. The minimum absolute atomic E-state index is 0.00511. The maximum absolute atomic E-state index is 12.6. The van der Waals surface area contributed by atoms with Crippen molar-refractivity contribution in [2.24, 2.45) is 10.2 Å². The second-order valence-electron chi connectivity index (χ2n) is 5.79. The first-order valence-electron chi connectivity index (χ1n) is 7.87. The first kappa shape index (κ1) is 18.4. The molecule has 25 heavy (non-hydrogen) atoms. The van der Waals surface area contributed by atoms with Crippen molar-refractivity contribution in [3.63, 3.8) is 0 Å². The molecule has 0 radical (unpaired) electrons. The second kappa shape index (κ2) is 7.73. The van der Waals surface area contributed by atoms with Crippen molar-refractivity contribution in [3.8, 4) is 11.9 Å². The molecule has 0 fully saturated rings. The number of hydrogen-bond acceptors (Lipinski definition) is 6. The zero-order valence-corrected chi connectivity index (χ0v) is 14.4. The van der Waals surface area contributed by atoms with E-state index in [-0.39, 0.29) is 36.4 Å². The summed E-state index contributed by atoms with van der Waals surface area (Å²) in [5.41, 5.74) is 2.48. The summed E-state index contributed by atoms with van der Waals surface area (Å²) in [6, 6.07) is 7.44. The van der Waals surface area contributed by atoms with Crippen LogP contribution in [0.15, 0.2) is 33.2 Å². The number of nitriles is 1. The van der Waals surface area contributed by atoms with E-state index in [9.17, 15) is 15.2 Å². The SMILES string of the molecule is Cc1ccc(N=Nc2c(C)c(C#N)c(O)n(CCCO)c2=O)cc1C. The van der Waals surface area contributed by atoms with Crippen LogP contribution in [0.2, 0.25) is 0 Å². The van der Waals surface area contributed by atoms with Crippen molar-refractivity contribution in [1.29, 1.82) is 5.26 Å². The molecule has 0 aliphatic rings. The molecule has 2 N–H and O–H groups in total. The number of azo groups is 1. The lowest BCUT2D eigenvalue weighted by atomic mass is 10.1. The topological polar surface area (TPSA) is 111 Å². The quantitative estimate of drug-likeness (QED) is 0.814. The minimum Gasteiger partial charge on any atom is -0.493 e. The van der Waals surface area contributed by atoms with E-state index in [0.717, 1.165) is 15.7 Å². The molecule has 130 valence electrons. The normalized spacial score (nSPS) is 11.0. The smallest absolute Gasteiger partial charge is 0.281 e. The second-order valence-corrected chi connectivity index (χ2v) is 5.79. The molecule has 0 amide bonds. The summed E-state index contributed by atoms with van der Waals surface area (Å²) in [5.74, 6) is -0.413. The van der Waals surface area contributed by atoms with Gasteiger partial charge < -0.3 is 10.2 Å². The third kappa shape index (κ3) is 3.75. The van der Waals surface area contributed by atoms with Crippen LogP contribution in [-0.4, -0.2) is 21.4 Å². The highest BCUT2D eigenvalue weighted by Crippen LogP contribution is 2.27. The molecule has 0 atom stereocenters. The van der Waals surface area contributed by atoms with Gasteiger partial charge in [-0.15, -0.1) is 5.11 Å². The molecule has 2 aromatic rings. The predicted octanol–water partition coefficient (Wildman–Crippen LogP) is 3.15. The number of nitrogens with zero attached hydrogens (tertiary/aromatic N) is 4. The lowest BCUT2D eigenvalue weighted by Gasteiger charge is -2.12. The number of aromatic hydroxyl groups is 1. The molecular formula is C18H20N4O3. The molecule has 1 aromatic heterocycles. The summed E-state index contributed by atoms with van der Waals surface area (Å²) in [6.07, 6.45) is 0.273. The Balaban J connectivity index is 2.56. The number of pyridine rings is 1. The first-order chi connectivity index (χ1) is 11.9. The number of aliphatic hydroxyl groups excluding tert-OH is 1. The first-order valence-corrected chi connectivity index (χ1v) is 7.87. The molecule has 7 nitrogen and oxygen atoms in total. The van der Waals surface area contributed by atoms with Crippen LogP contribution in [0, 0.1) is 32.1 Å². The van der Waals surface area contributed by atoms with Gasteiger partial charge in [0.25, 0.3) is 5.56 Å². The van der Waals surface area contributed by atoms with E-state index < -0.39 is 11.4 Å². The van der Waals surface area contributed by atoms with E-state index >= 15 is 0 Å². The Morgan fingerprint density at radius 2 is 1.92 bits per heavy atom. The minimum atomic E-state index is -0.546. The van der Waals surface area contributed by atoms with Crippen molar-refractivity contribution in [2.45, 2.75) is 33.7 Å². The zero-order valence-electron chi connectivity index (χ0n) is 14.4. The number of rotatable bonds is 5. The van der Waals surface area contributed by atoms with Crippen LogP contribution in [0.1, 0.15) is 28.7 Å². The van der Waals surface area contributed by atoms with Crippen molar-refractivity contribution >= 4 is 11.4 Å². The van der Waals surface area contributed by atoms with Gasteiger partial charge in [-0.05, 0) is 50.5 Å². The largest absolute Gasteiger partial charge is 0.493 e. The summed E-state index contributed by atoms with van der Waals surface area (Å²) in [4.78, 5) is 12.6. The van der Waals surface area contributed by atoms with Crippen LogP contribution in [0.3, 0.4) is 0 Å². The van der Waals surface area contributed by atoms with E-state index in [1.807, 2.05) is 32.0 Å². The van der Waals surface area contributed by atoms with Gasteiger partial charge in [0.05, 0.1) is 5.69 Å². The Kier molecular flexibility index (Phi) is 5.67. The Labute approximate surface area is 145 Å². The van der Waals surface area contributed by atoms with Gasteiger partial charge in [0.15, 0.2) is 5.69 Å². The average molecular weight is 340 g/mol. The molecule has 1 heterocycles. The van der Waals surface area contributed by atoms with Crippen LogP contribution < -0.4 is 5.56 Å². The van der Waals surface area contributed by atoms with Crippen LogP contribution >= 0.6 is 0 Å². The number of aliphatic hydroxyl groups is 1. The summed E-state index contributed by atoms with van der Waals surface area (Å²) in [7, 11) is 0. The molecule has 2 rings (SSSR count). The Hall–Kier alpha value is -2.98. The number of aryl methyl sites for hydroxylation is 2. The van der Waals surface area contributed by atoms with E-state index in [0.29, 0.717) is 5.69 Å². The van der Waals surface area contributed by atoms with E-state index in [1.54, 1.807) is 13.0 Å². The van der Waals surface area contributed by atoms with Crippen LogP contribution in [0.5, 0.6) is 5.88 Å². The Morgan fingerprint density at radius 3 is 2.52 bits per heavy atom. The van der Waals surface area contributed by atoms with E-state index in [1.165, 1.54) is 0 Å². The Morgan fingerprint density at radius 1 is 1.20 bits per heavy atom. The fraction of sp³-hybridized carbons (Fsp3) is 0.333. The van der Waals surface area contributed by atoms with Crippen molar-refractivity contribution < 1.29 is 10.2 Å². The Bertz CT molecular complexity index is 923. The van der Waals surface area contributed by atoms with Gasteiger partial charge in [-0.3, -0.25) is 9.36 Å². The van der Waals surface area contributed by atoms with Crippen molar-refractivity contribution in [1.82, 2.24) is 4.57 Å². The van der Waals surface area contributed by atoms with Gasteiger partial charge in [0, 0.05) is 18.7 Å². The lowest BCUT2D eigenvalue weighted by Crippen LogP contribution is -2.22. The fourth-order valence-corrected chi connectivity index (χ4v) is 2.39. The average Bonchev–Trinajstić information content (AvgIpc) is 2.58. The molecule has 0 spiro atoms. The van der Waals surface area contributed by atoms with Gasteiger partial charge in [-0.1, -0.05) is 6.07 Å². The molecule has 0 saturated heterocycles. The number of hydrogen-bond donors (Lipinski definition) is 2. The van der Waals surface area contributed by atoms with Gasteiger partial charge >= 0.3 is 0 Å². The van der Waals surface area contributed by atoms with E-state index in [4.69, 9.17) is 5.11 Å². The monoisotopic (exact) mass is 340 g/mol. The molecule has 0 aliphatic carbocycles. The maximum atomic E-state index is 12.6. The highest BCUT2D eigenvalue weighted by atomic mass is 16.3. The highest BCUT2D eigenvalue weighted by Gasteiger charge is 2.18. The fourth-order valence-electron chi connectivity index (χ4n) is 2.39. The van der Waals surface area contributed by atoms with Crippen LogP contribution in [0.4, 0.5) is 11.4 Å². The molecule has 7 heteroatoms. The van der Waals surface area contributed by atoms with Crippen molar-refractivity contribution in [2.75, 3.05) is 6.61 Å². The predicted molar refractivity (Wildman–Crippen MR) is 93.6 cm³/mol. The van der Waals surface area contributed by atoms with Gasteiger partial charge in [0.1, 0.15) is 11.6 Å². The summed E-state index contributed by atoms with van der Waals surface area (Å²) >= 11 is 0. The molecule has 0 aliphatic heterocycles. The summed E-state index contributed by atoms with van der Waals surface area (Å²) in [6.45, 7) is 5.43. The third-order valence-corrected chi connectivity index (χ3v) is 4.06. The molecule has 0 saturated carbocycles. The standard InChI is InChI=1S/C18H20N4O3/c1-11-5-6-14(9-12(11)2)20-21-16-13(3)15(10-19)17(24)22(18(16)25)7-4-8-23/h5-6,9,23-24H,4,7-8H2,1-3H3. The lowest BCUT2D eigenvalue weighted by molar-refractivity contribution is 0.274. The summed E-state index contributed by atoms with van der Waals surface area (Å²) < 4.78 is 1.04. The molecule has 0 bridgehead atoms. The highest BCUT2D eigenvalue weighted by molar-refractivity contribution is 5.56. The van der Waals surface area contributed by atoms with Gasteiger partial charge in [0.2, 0.25) is 5.88 Å². The van der Waals surface area contributed by atoms with Crippen molar-refractivity contribution in [3.05, 3.63) is 50.8 Å². The summed E-state index contributed by atoms with van der Waals surface area (Å²) in [5, 5.41) is 36.5. The zero-order chi connectivity index (χ0) is 18.6. The molecular weight excluding hydrogens is 320 g/mol. The van der Waals surface area contributed by atoms with Crippen LogP contribution in [-0.2, 0) is 6.54 Å².